The molecule has 10 nitrogen and oxygen atoms in total. The molecule has 0 radical (unpaired) electrons. The van der Waals surface area contributed by atoms with E-state index in [2.05, 4.69) is 25.5 Å². The van der Waals surface area contributed by atoms with E-state index in [0.29, 0.717) is 22.7 Å². The molecule has 0 unspecified atom stereocenters. The van der Waals surface area contributed by atoms with Crippen LogP contribution in [0.1, 0.15) is 6.42 Å². The molecule has 5 N–H and O–H groups in total. The molecule has 2 fully saturated rings. The van der Waals surface area contributed by atoms with Crippen molar-refractivity contribution in [3.8, 4) is 11.4 Å². The van der Waals surface area contributed by atoms with Crippen molar-refractivity contribution in [2.75, 3.05) is 36.4 Å². The van der Waals surface area contributed by atoms with Gasteiger partial charge in [0.15, 0.2) is 5.65 Å². The van der Waals surface area contributed by atoms with Gasteiger partial charge in [0.1, 0.15) is 22.9 Å². The molecule has 40 heavy (non-hydrogen) atoms. The fourth-order valence-corrected chi connectivity index (χ4v) is 6.11. The first-order valence-corrected chi connectivity index (χ1v) is 13.1. The topological polar surface area (TPSA) is 138 Å². The second-order valence-electron chi connectivity index (χ2n) is 10.2. The van der Waals surface area contributed by atoms with E-state index in [9.17, 15) is 22.8 Å². The Morgan fingerprint density at radius 1 is 1.20 bits per heavy atom. The lowest BCUT2D eigenvalue weighted by atomic mass is 9.84. The Labute approximate surface area is 231 Å². The number of piperazine rings is 1. The quantitative estimate of drug-likeness (QED) is 0.260. The highest BCUT2D eigenvalue weighted by molar-refractivity contribution is 6.34. The third-order valence-corrected chi connectivity index (χ3v) is 8.04. The number of H-pyrrole nitrogens is 1. The maximum atomic E-state index is 13.0. The highest BCUT2D eigenvalue weighted by Gasteiger charge is 2.62. The third-order valence-electron chi connectivity index (χ3n) is 7.75. The smallest absolute Gasteiger partial charge is 0.447 e. The van der Waals surface area contributed by atoms with E-state index in [4.69, 9.17) is 27.1 Å². The van der Waals surface area contributed by atoms with Crippen LogP contribution in [-0.4, -0.2) is 70.8 Å². The second kappa shape index (κ2) is 9.66. The van der Waals surface area contributed by atoms with E-state index in [1.165, 1.54) is 12.3 Å². The summed E-state index contributed by atoms with van der Waals surface area (Å²) in [5, 5.41) is 6.70. The number of nitrogens with zero attached hydrogens (tertiary/aromatic N) is 3. The molecular weight excluding hydrogens is 551 g/mol. The van der Waals surface area contributed by atoms with Crippen molar-refractivity contribution in [1.82, 2.24) is 20.3 Å². The van der Waals surface area contributed by atoms with Crippen LogP contribution in [-0.2, 0) is 14.3 Å². The normalized spacial score (nSPS) is 25.9. The zero-order valence-corrected chi connectivity index (χ0v) is 21.7. The molecule has 3 aliphatic rings. The summed E-state index contributed by atoms with van der Waals surface area (Å²) in [5.74, 6) is -4.48. The molecule has 3 heterocycles. The van der Waals surface area contributed by atoms with Crippen LogP contribution in [0, 0.1) is 11.8 Å². The zero-order chi connectivity index (χ0) is 28.2. The van der Waals surface area contributed by atoms with Gasteiger partial charge in [0, 0.05) is 55.8 Å². The summed E-state index contributed by atoms with van der Waals surface area (Å²) in [4.78, 5) is 38.7. The molecular formula is C26H25ClF3N7O3. The van der Waals surface area contributed by atoms with Gasteiger partial charge in [-0.3, -0.25) is 4.79 Å². The minimum absolute atomic E-state index is 0.0306. The van der Waals surface area contributed by atoms with Gasteiger partial charge < -0.3 is 31.0 Å². The van der Waals surface area contributed by atoms with Gasteiger partial charge in [-0.15, -0.1) is 0 Å². The van der Waals surface area contributed by atoms with E-state index in [1.54, 1.807) is 6.08 Å². The highest BCUT2D eigenvalue weighted by atomic mass is 35.5. The molecule has 2 bridgehead atoms. The summed E-state index contributed by atoms with van der Waals surface area (Å²) in [6.45, 7) is 3.69. The molecule has 0 spiro atoms. The number of fused-ring (bicyclic) bond motifs is 3. The van der Waals surface area contributed by atoms with Crippen LogP contribution < -0.4 is 21.3 Å². The van der Waals surface area contributed by atoms with E-state index < -0.39 is 41.5 Å². The van der Waals surface area contributed by atoms with E-state index >= 15 is 0 Å². The first-order valence-electron chi connectivity index (χ1n) is 12.7. The standard InChI is InChI=1S/C26H25ClF3N7O3/c27-16-12-33-23-20(35-22(36-23)13-1-3-15(4-2-13)37-9-7-32-8-10-37)19(16)34-18-14-5-6-25(11-14,17(18)21(31)38)40-24(39)26(28,29)30/h1-6,12,14,17-18,32H,7-11H2,(H2,31,38)(H2,33,34,35,36)/t14-,17-,18+,25+/m0/s1. The van der Waals surface area contributed by atoms with Crippen molar-refractivity contribution in [3.63, 3.8) is 0 Å². The van der Waals surface area contributed by atoms with E-state index in [1.807, 2.05) is 24.3 Å². The highest BCUT2D eigenvalue weighted by Crippen LogP contribution is 2.51. The number of esters is 1. The molecule has 6 rings (SSSR count). The molecule has 1 saturated heterocycles. The Balaban J connectivity index is 1.30. The Morgan fingerprint density at radius 2 is 1.93 bits per heavy atom. The Kier molecular flexibility index (Phi) is 6.37. The van der Waals surface area contributed by atoms with Gasteiger partial charge in [-0.1, -0.05) is 17.7 Å². The molecule has 2 aromatic heterocycles. The summed E-state index contributed by atoms with van der Waals surface area (Å²) in [5.41, 5.74) is 6.87. The number of alkyl halides is 3. The summed E-state index contributed by atoms with van der Waals surface area (Å²) in [7, 11) is 0. The Morgan fingerprint density at radius 3 is 2.60 bits per heavy atom. The summed E-state index contributed by atoms with van der Waals surface area (Å²) >= 11 is 6.49. The lowest BCUT2D eigenvalue weighted by molar-refractivity contribution is -0.212. The number of benzene rings is 1. The number of nitrogens with two attached hydrogens (primary N) is 1. The van der Waals surface area contributed by atoms with E-state index in [0.717, 1.165) is 37.4 Å². The fraction of sp³-hybridized carbons (Fsp3) is 0.385. The van der Waals surface area contributed by atoms with Gasteiger partial charge in [0.05, 0.1) is 16.9 Å². The number of halogens is 4. The number of carbonyl (C=O) groups is 2. The first kappa shape index (κ1) is 26.4. The monoisotopic (exact) mass is 575 g/mol. The largest absolute Gasteiger partial charge is 0.490 e. The molecule has 3 aromatic rings. The molecule has 1 saturated carbocycles. The Hall–Kier alpha value is -3.84. The first-order chi connectivity index (χ1) is 19.1. The van der Waals surface area contributed by atoms with Crippen LogP contribution in [0.5, 0.6) is 0 Å². The van der Waals surface area contributed by atoms with Crippen molar-refractivity contribution >= 4 is 46.0 Å². The van der Waals surface area contributed by atoms with E-state index in [-0.39, 0.29) is 11.4 Å². The number of aromatic amines is 1. The summed E-state index contributed by atoms with van der Waals surface area (Å²) in [6, 6.07) is 7.14. The molecule has 1 aromatic carbocycles. The van der Waals surface area contributed by atoms with Gasteiger partial charge >= 0.3 is 12.1 Å². The second-order valence-corrected chi connectivity index (χ2v) is 10.6. The fourth-order valence-electron chi connectivity index (χ4n) is 5.92. The zero-order valence-electron chi connectivity index (χ0n) is 21.0. The van der Waals surface area contributed by atoms with Gasteiger partial charge in [0.25, 0.3) is 0 Å². The van der Waals surface area contributed by atoms with Crippen molar-refractivity contribution in [3.05, 3.63) is 47.6 Å². The van der Waals surface area contributed by atoms with Crippen molar-refractivity contribution in [1.29, 1.82) is 0 Å². The number of nitrogens with one attached hydrogen (secondary N) is 3. The van der Waals surface area contributed by atoms with Crippen LogP contribution >= 0.6 is 11.6 Å². The maximum Gasteiger partial charge on any atom is 0.490 e. The predicted molar refractivity (Wildman–Crippen MR) is 142 cm³/mol. The van der Waals surface area contributed by atoms with Crippen molar-refractivity contribution < 1.29 is 27.5 Å². The van der Waals surface area contributed by atoms with Gasteiger partial charge in [-0.2, -0.15) is 13.2 Å². The van der Waals surface area contributed by atoms with Crippen LogP contribution in [0.2, 0.25) is 5.02 Å². The average Bonchev–Trinajstić information content (AvgIpc) is 3.62. The van der Waals surface area contributed by atoms with Crippen LogP contribution in [0.4, 0.5) is 24.5 Å². The van der Waals surface area contributed by atoms with Crippen LogP contribution in [0.15, 0.2) is 42.6 Å². The van der Waals surface area contributed by atoms with Gasteiger partial charge in [0.2, 0.25) is 5.91 Å². The molecule has 4 atom stereocenters. The Bertz CT molecular complexity index is 1500. The predicted octanol–water partition coefficient (Wildman–Crippen LogP) is 3.00. The number of rotatable bonds is 6. The van der Waals surface area contributed by atoms with Crippen molar-refractivity contribution in [2.45, 2.75) is 24.2 Å². The number of amides is 1. The van der Waals surface area contributed by atoms with Crippen LogP contribution in [0.3, 0.4) is 0 Å². The molecule has 210 valence electrons. The number of aromatic nitrogens is 3. The molecule has 14 heteroatoms. The third kappa shape index (κ3) is 4.52. The van der Waals surface area contributed by atoms with Gasteiger partial charge in [-0.05, 0) is 30.3 Å². The number of ether oxygens (including phenoxy) is 1. The molecule has 1 amide bonds. The minimum Gasteiger partial charge on any atom is -0.447 e. The number of anilines is 2. The average molecular weight is 576 g/mol. The minimum atomic E-state index is -5.22. The number of hydrogen-bond acceptors (Lipinski definition) is 8. The number of primary amides is 1. The number of imidazole rings is 1. The molecule has 2 aliphatic carbocycles. The maximum absolute atomic E-state index is 13.0. The van der Waals surface area contributed by atoms with Gasteiger partial charge in [-0.25, -0.2) is 14.8 Å². The summed E-state index contributed by atoms with van der Waals surface area (Å²) < 4.78 is 43.9. The number of pyridine rings is 1. The SMILES string of the molecule is NC(=O)[C@@H]1[C@H](Nc2c(Cl)cnc3[nH]c(-c4ccc(N5CCNCC5)cc4)nc23)[C@H]2C=C[C@@]1(OC(=O)C(F)(F)F)C2. The number of carbonyl (C=O) groups excluding carboxylic acids is 2. The lowest BCUT2D eigenvalue weighted by Gasteiger charge is -2.34. The van der Waals surface area contributed by atoms with Crippen LogP contribution in [0.25, 0.3) is 22.6 Å². The number of hydrogen-bond donors (Lipinski definition) is 4. The summed E-state index contributed by atoms with van der Waals surface area (Å²) in [6.07, 6.45) is -0.914. The van der Waals surface area contributed by atoms with Crippen molar-refractivity contribution in [2.24, 2.45) is 17.6 Å². The lowest BCUT2D eigenvalue weighted by Crippen LogP contribution is -2.51. The molecule has 1 aliphatic heterocycles.